The van der Waals surface area contributed by atoms with Crippen LogP contribution in [0.2, 0.25) is 0 Å². The molecule has 0 aromatic heterocycles. The largest absolute Gasteiger partial charge is 0.454 e. The smallest absolute Gasteiger partial charge is 0.251 e. The number of rotatable bonds is 7. The molecule has 0 radical (unpaired) electrons. The van der Waals surface area contributed by atoms with Crippen LogP contribution in [0.1, 0.15) is 41.3 Å². The molecule has 1 aliphatic carbocycles. The topological polar surface area (TPSA) is 67.9 Å². The van der Waals surface area contributed by atoms with Gasteiger partial charge in [-0.15, -0.1) is 0 Å². The summed E-state index contributed by atoms with van der Waals surface area (Å²) < 4.78 is 10.7. The highest BCUT2D eigenvalue weighted by molar-refractivity contribution is 5.95. The molecular weight excluding hydrogens is 368 g/mol. The molecule has 0 atom stereocenters. The summed E-state index contributed by atoms with van der Waals surface area (Å²) in [5.74, 6) is 1.34. The van der Waals surface area contributed by atoms with Crippen LogP contribution in [0.25, 0.3) is 6.08 Å². The summed E-state index contributed by atoms with van der Waals surface area (Å²) in [5, 5.41) is 2.97. The molecule has 1 fully saturated rings. The summed E-state index contributed by atoms with van der Waals surface area (Å²) in [4.78, 5) is 26.4. The van der Waals surface area contributed by atoms with E-state index >= 15 is 0 Å². The standard InChI is InChI=1S/C23H24N2O4/c1-2-25(14-17-5-11-20-21(13-17)29-15-28-20)22(26)12-6-16-3-7-18(8-4-16)23(27)24-19-9-10-19/h3-8,11-13,19H,2,9-10,14-15H2,1H3,(H,24,27)/b12-6+. The average molecular weight is 392 g/mol. The Balaban J connectivity index is 1.36. The zero-order valence-corrected chi connectivity index (χ0v) is 16.4. The Hall–Kier alpha value is -3.28. The van der Waals surface area contributed by atoms with Crippen LogP contribution >= 0.6 is 0 Å². The number of hydrogen-bond acceptors (Lipinski definition) is 4. The van der Waals surface area contributed by atoms with E-state index in [-0.39, 0.29) is 18.6 Å². The molecule has 29 heavy (non-hydrogen) atoms. The van der Waals surface area contributed by atoms with Crippen LogP contribution in [0, 0.1) is 0 Å². The third-order valence-corrected chi connectivity index (χ3v) is 5.01. The van der Waals surface area contributed by atoms with Crippen molar-refractivity contribution in [1.82, 2.24) is 10.2 Å². The van der Waals surface area contributed by atoms with Crippen molar-refractivity contribution in [2.45, 2.75) is 32.4 Å². The number of nitrogens with zero attached hydrogens (tertiary/aromatic N) is 1. The number of benzene rings is 2. The third-order valence-electron chi connectivity index (χ3n) is 5.01. The number of carbonyl (C=O) groups is 2. The van der Waals surface area contributed by atoms with Crippen molar-refractivity contribution in [3.8, 4) is 11.5 Å². The number of carbonyl (C=O) groups excluding carboxylic acids is 2. The highest BCUT2D eigenvalue weighted by atomic mass is 16.7. The number of fused-ring (bicyclic) bond motifs is 1. The van der Waals surface area contributed by atoms with Gasteiger partial charge in [0, 0.05) is 30.8 Å². The molecule has 2 aromatic carbocycles. The number of amides is 2. The monoisotopic (exact) mass is 392 g/mol. The van der Waals surface area contributed by atoms with Gasteiger partial charge in [-0.05, 0) is 61.2 Å². The van der Waals surface area contributed by atoms with Crippen LogP contribution in [-0.4, -0.2) is 36.1 Å². The first kappa shape index (κ1) is 19.1. The summed E-state index contributed by atoms with van der Waals surface area (Å²) in [6, 6.07) is 13.3. The van der Waals surface area contributed by atoms with Gasteiger partial charge in [-0.3, -0.25) is 9.59 Å². The highest BCUT2D eigenvalue weighted by Crippen LogP contribution is 2.32. The van der Waals surface area contributed by atoms with Gasteiger partial charge in [0.15, 0.2) is 11.5 Å². The van der Waals surface area contributed by atoms with E-state index in [0.29, 0.717) is 30.4 Å². The molecule has 150 valence electrons. The maximum absolute atomic E-state index is 12.6. The van der Waals surface area contributed by atoms with E-state index in [0.717, 1.165) is 29.7 Å². The maximum atomic E-state index is 12.6. The quantitative estimate of drug-likeness (QED) is 0.734. The molecule has 1 saturated carbocycles. The predicted octanol–water partition coefficient (Wildman–Crippen LogP) is 3.37. The van der Waals surface area contributed by atoms with E-state index in [2.05, 4.69) is 5.32 Å². The van der Waals surface area contributed by atoms with Gasteiger partial charge in [-0.25, -0.2) is 0 Å². The Morgan fingerprint density at radius 1 is 1.10 bits per heavy atom. The lowest BCUT2D eigenvalue weighted by Crippen LogP contribution is -2.28. The summed E-state index contributed by atoms with van der Waals surface area (Å²) in [6.45, 7) is 3.28. The predicted molar refractivity (Wildman–Crippen MR) is 110 cm³/mol. The summed E-state index contributed by atoms with van der Waals surface area (Å²) in [6.07, 6.45) is 5.46. The van der Waals surface area contributed by atoms with Gasteiger partial charge < -0.3 is 19.7 Å². The summed E-state index contributed by atoms with van der Waals surface area (Å²) in [7, 11) is 0. The van der Waals surface area contributed by atoms with Gasteiger partial charge in [-0.2, -0.15) is 0 Å². The first-order valence-electron chi connectivity index (χ1n) is 9.89. The van der Waals surface area contributed by atoms with Crippen LogP contribution in [0.3, 0.4) is 0 Å². The Morgan fingerprint density at radius 3 is 2.59 bits per heavy atom. The third kappa shape index (κ3) is 4.77. The zero-order valence-electron chi connectivity index (χ0n) is 16.4. The Bertz CT molecular complexity index is 932. The molecule has 6 heteroatoms. The van der Waals surface area contributed by atoms with E-state index in [1.165, 1.54) is 0 Å². The number of nitrogens with one attached hydrogen (secondary N) is 1. The normalized spacial score (nSPS) is 14.8. The summed E-state index contributed by atoms with van der Waals surface area (Å²) in [5.41, 5.74) is 2.50. The lowest BCUT2D eigenvalue weighted by molar-refractivity contribution is -0.126. The maximum Gasteiger partial charge on any atom is 0.251 e. The lowest BCUT2D eigenvalue weighted by atomic mass is 10.1. The molecule has 2 amide bonds. The molecule has 2 aromatic rings. The second-order valence-electron chi connectivity index (χ2n) is 7.24. The van der Waals surface area contributed by atoms with Gasteiger partial charge in [0.25, 0.3) is 5.91 Å². The lowest BCUT2D eigenvalue weighted by Gasteiger charge is -2.19. The van der Waals surface area contributed by atoms with E-state index in [9.17, 15) is 9.59 Å². The molecule has 1 aliphatic heterocycles. The second kappa shape index (κ2) is 8.39. The fraction of sp³-hybridized carbons (Fsp3) is 0.304. The zero-order chi connectivity index (χ0) is 20.2. The van der Waals surface area contributed by atoms with Gasteiger partial charge in [0.05, 0.1) is 0 Å². The first-order chi connectivity index (χ1) is 14.1. The van der Waals surface area contributed by atoms with Gasteiger partial charge >= 0.3 is 0 Å². The van der Waals surface area contributed by atoms with Crippen LogP contribution in [0.15, 0.2) is 48.5 Å². The second-order valence-corrected chi connectivity index (χ2v) is 7.24. The fourth-order valence-electron chi connectivity index (χ4n) is 3.12. The van der Waals surface area contributed by atoms with Gasteiger partial charge in [0.1, 0.15) is 0 Å². The van der Waals surface area contributed by atoms with Gasteiger partial charge in [0.2, 0.25) is 12.7 Å². The van der Waals surface area contributed by atoms with Crippen molar-refractivity contribution in [2.24, 2.45) is 0 Å². The molecule has 1 heterocycles. The van der Waals surface area contributed by atoms with Crippen LogP contribution in [-0.2, 0) is 11.3 Å². The minimum Gasteiger partial charge on any atom is -0.454 e. The molecule has 0 spiro atoms. The minimum absolute atomic E-state index is 0.0417. The Labute approximate surface area is 170 Å². The van der Waals surface area contributed by atoms with E-state index in [1.54, 1.807) is 29.2 Å². The SMILES string of the molecule is CCN(Cc1ccc2c(c1)OCO2)C(=O)/C=C/c1ccc(C(=O)NC2CC2)cc1. The fourth-order valence-corrected chi connectivity index (χ4v) is 3.12. The number of likely N-dealkylation sites (N-methyl/N-ethyl adjacent to an activating group) is 1. The Morgan fingerprint density at radius 2 is 1.86 bits per heavy atom. The molecule has 0 bridgehead atoms. The van der Waals surface area contributed by atoms with Crippen molar-refractivity contribution >= 4 is 17.9 Å². The number of ether oxygens (including phenoxy) is 2. The van der Waals surface area contributed by atoms with Crippen molar-refractivity contribution < 1.29 is 19.1 Å². The van der Waals surface area contributed by atoms with E-state index in [4.69, 9.17) is 9.47 Å². The summed E-state index contributed by atoms with van der Waals surface area (Å²) >= 11 is 0. The highest BCUT2D eigenvalue weighted by Gasteiger charge is 2.23. The van der Waals surface area contributed by atoms with Crippen LogP contribution < -0.4 is 14.8 Å². The van der Waals surface area contributed by atoms with Crippen molar-refractivity contribution in [3.05, 3.63) is 65.2 Å². The molecule has 2 aliphatic rings. The molecule has 0 saturated heterocycles. The average Bonchev–Trinajstić information content (AvgIpc) is 3.43. The molecular formula is C23H24N2O4. The number of hydrogen-bond donors (Lipinski definition) is 1. The Kier molecular flexibility index (Phi) is 5.51. The molecule has 6 nitrogen and oxygen atoms in total. The van der Waals surface area contributed by atoms with Crippen LogP contribution in [0.5, 0.6) is 11.5 Å². The van der Waals surface area contributed by atoms with Crippen molar-refractivity contribution in [3.63, 3.8) is 0 Å². The molecule has 4 rings (SSSR count). The van der Waals surface area contributed by atoms with Gasteiger partial charge in [-0.1, -0.05) is 18.2 Å². The van der Waals surface area contributed by atoms with Crippen molar-refractivity contribution in [1.29, 1.82) is 0 Å². The molecule has 0 unspecified atom stereocenters. The van der Waals surface area contributed by atoms with Crippen LogP contribution in [0.4, 0.5) is 0 Å². The van der Waals surface area contributed by atoms with Crippen molar-refractivity contribution in [2.75, 3.05) is 13.3 Å². The van der Waals surface area contributed by atoms with E-state index < -0.39 is 0 Å². The minimum atomic E-state index is -0.0688. The van der Waals surface area contributed by atoms with E-state index in [1.807, 2.05) is 37.3 Å². The first-order valence-corrected chi connectivity index (χ1v) is 9.89. The molecule has 1 N–H and O–H groups in total.